The fraction of sp³-hybridized carbons (Fsp3) is 0.786. The lowest BCUT2D eigenvalue weighted by Gasteiger charge is -2.20. The van der Waals surface area contributed by atoms with Crippen LogP contribution in [0.3, 0.4) is 0 Å². The Bertz CT molecular complexity index is 246. The van der Waals surface area contributed by atoms with Crippen LogP contribution in [0.4, 0.5) is 0 Å². The van der Waals surface area contributed by atoms with E-state index in [9.17, 15) is 4.79 Å². The number of hydrogen-bond donors (Lipinski definition) is 0. The van der Waals surface area contributed by atoms with Crippen molar-refractivity contribution >= 4 is 5.78 Å². The number of carbonyl (C=O) groups excluding carboxylic acids is 1. The quantitative estimate of drug-likeness (QED) is 0.678. The van der Waals surface area contributed by atoms with Gasteiger partial charge in [0.1, 0.15) is 0 Å². The topological polar surface area (TPSA) is 17.1 Å². The maximum Gasteiger partial charge on any atom is 0.158 e. The molecular formula is C14H22O. The van der Waals surface area contributed by atoms with Crippen LogP contribution in [0.15, 0.2) is 11.6 Å². The van der Waals surface area contributed by atoms with Crippen LogP contribution >= 0.6 is 0 Å². The zero-order valence-corrected chi connectivity index (χ0v) is 9.63. The molecule has 0 bridgehead atoms. The van der Waals surface area contributed by atoms with Crippen LogP contribution < -0.4 is 0 Å². The summed E-state index contributed by atoms with van der Waals surface area (Å²) in [6.45, 7) is 0. The molecule has 15 heavy (non-hydrogen) atoms. The highest BCUT2D eigenvalue weighted by Crippen LogP contribution is 2.28. The summed E-state index contributed by atoms with van der Waals surface area (Å²) < 4.78 is 0. The Morgan fingerprint density at radius 3 is 2.67 bits per heavy atom. The van der Waals surface area contributed by atoms with Crippen LogP contribution in [0.1, 0.15) is 64.2 Å². The molecule has 1 nitrogen and oxygen atoms in total. The molecule has 0 spiro atoms. The molecule has 0 aliphatic heterocycles. The number of hydrogen-bond acceptors (Lipinski definition) is 1. The van der Waals surface area contributed by atoms with Crippen molar-refractivity contribution in [2.45, 2.75) is 64.2 Å². The van der Waals surface area contributed by atoms with Gasteiger partial charge in [-0.1, -0.05) is 38.2 Å². The van der Waals surface area contributed by atoms with E-state index >= 15 is 0 Å². The maximum atomic E-state index is 11.8. The van der Waals surface area contributed by atoms with Crippen LogP contribution in [0, 0.1) is 5.92 Å². The van der Waals surface area contributed by atoms with E-state index in [0.29, 0.717) is 5.78 Å². The second kappa shape index (κ2) is 5.48. The maximum absolute atomic E-state index is 11.8. The van der Waals surface area contributed by atoms with Crippen molar-refractivity contribution in [3.05, 3.63) is 11.6 Å². The number of carbonyl (C=O) groups is 1. The van der Waals surface area contributed by atoms with Crippen molar-refractivity contribution in [3.63, 3.8) is 0 Å². The standard InChI is InChI=1S/C14H22O/c15-14(13-8-4-5-9-13)11-10-12-6-2-1-3-7-12/h8,12H,1-7,9-11H2. The first-order valence-corrected chi connectivity index (χ1v) is 6.58. The number of Topliss-reactive ketones (excluding diaryl/α,β-unsaturated/α-hetero) is 1. The molecule has 2 aliphatic carbocycles. The zero-order valence-electron chi connectivity index (χ0n) is 9.63. The SMILES string of the molecule is O=C(CCC1CCCCC1)C1=CCCC1. The van der Waals surface area contributed by atoms with Gasteiger partial charge in [0.2, 0.25) is 0 Å². The summed E-state index contributed by atoms with van der Waals surface area (Å²) in [6, 6.07) is 0. The molecule has 2 aliphatic rings. The van der Waals surface area contributed by atoms with Crippen molar-refractivity contribution < 1.29 is 4.79 Å². The molecule has 0 N–H and O–H groups in total. The van der Waals surface area contributed by atoms with E-state index in [-0.39, 0.29) is 0 Å². The normalized spacial score (nSPS) is 22.8. The molecule has 1 heteroatoms. The fourth-order valence-corrected chi connectivity index (χ4v) is 2.90. The lowest BCUT2D eigenvalue weighted by Crippen LogP contribution is -2.09. The van der Waals surface area contributed by atoms with Crippen molar-refractivity contribution in [2.75, 3.05) is 0 Å². The largest absolute Gasteiger partial charge is 0.295 e. The van der Waals surface area contributed by atoms with Gasteiger partial charge in [0.05, 0.1) is 0 Å². The Labute approximate surface area is 92.9 Å². The van der Waals surface area contributed by atoms with Gasteiger partial charge in [-0.15, -0.1) is 0 Å². The summed E-state index contributed by atoms with van der Waals surface area (Å²) in [6.07, 6.45) is 14.4. The number of allylic oxidation sites excluding steroid dienone is 2. The second-order valence-electron chi connectivity index (χ2n) is 5.09. The highest BCUT2D eigenvalue weighted by atomic mass is 16.1. The van der Waals surface area contributed by atoms with Gasteiger partial charge in [0.15, 0.2) is 5.78 Å². The van der Waals surface area contributed by atoms with Crippen LogP contribution in [-0.2, 0) is 4.79 Å². The van der Waals surface area contributed by atoms with Gasteiger partial charge in [0.25, 0.3) is 0 Å². The molecule has 0 aromatic heterocycles. The van der Waals surface area contributed by atoms with Crippen LogP contribution in [0.5, 0.6) is 0 Å². The summed E-state index contributed by atoms with van der Waals surface area (Å²) in [5.74, 6) is 1.29. The minimum atomic E-state index is 0.443. The molecule has 84 valence electrons. The van der Waals surface area contributed by atoms with Gasteiger partial charge in [-0.3, -0.25) is 4.79 Å². The molecule has 2 rings (SSSR count). The Hall–Kier alpha value is -0.590. The Balaban J connectivity index is 1.70. The molecule has 1 fully saturated rings. The average Bonchev–Trinajstić information content (AvgIpc) is 2.81. The smallest absolute Gasteiger partial charge is 0.158 e. The summed E-state index contributed by atoms with van der Waals surface area (Å²) in [5.41, 5.74) is 1.13. The molecule has 0 radical (unpaired) electrons. The lowest BCUT2D eigenvalue weighted by molar-refractivity contribution is -0.116. The van der Waals surface area contributed by atoms with E-state index < -0.39 is 0 Å². The molecule has 1 saturated carbocycles. The van der Waals surface area contributed by atoms with Crippen molar-refractivity contribution in [3.8, 4) is 0 Å². The third kappa shape index (κ3) is 3.19. The van der Waals surface area contributed by atoms with Gasteiger partial charge >= 0.3 is 0 Å². The highest BCUT2D eigenvalue weighted by molar-refractivity contribution is 5.95. The average molecular weight is 206 g/mol. The summed E-state index contributed by atoms with van der Waals surface area (Å²) in [5, 5.41) is 0. The highest BCUT2D eigenvalue weighted by Gasteiger charge is 2.17. The first-order chi connectivity index (χ1) is 7.36. The lowest BCUT2D eigenvalue weighted by atomic mass is 9.85. The van der Waals surface area contributed by atoms with E-state index in [2.05, 4.69) is 6.08 Å². The summed E-state index contributed by atoms with van der Waals surface area (Å²) >= 11 is 0. The first kappa shape index (κ1) is 10.9. The molecule has 0 atom stereocenters. The minimum absolute atomic E-state index is 0.443. The molecular weight excluding hydrogens is 184 g/mol. The van der Waals surface area contributed by atoms with E-state index in [1.165, 1.54) is 38.5 Å². The summed E-state index contributed by atoms with van der Waals surface area (Å²) in [4.78, 5) is 11.8. The summed E-state index contributed by atoms with van der Waals surface area (Å²) in [7, 11) is 0. The number of ketones is 1. The van der Waals surface area contributed by atoms with Gasteiger partial charge in [-0.25, -0.2) is 0 Å². The molecule has 0 heterocycles. The van der Waals surface area contributed by atoms with Gasteiger partial charge < -0.3 is 0 Å². The first-order valence-electron chi connectivity index (χ1n) is 6.58. The fourth-order valence-electron chi connectivity index (χ4n) is 2.90. The molecule has 0 saturated heterocycles. The van der Waals surface area contributed by atoms with Crippen molar-refractivity contribution in [1.82, 2.24) is 0 Å². The third-order valence-corrected chi connectivity index (χ3v) is 3.90. The van der Waals surface area contributed by atoms with Gasteiger partial charge in [0, 0.05) is 6.42 Å². The second-order valence-corrected chi connectivity index (χ2v) is 5.09. The van der Waals surface area contributed by atoms with Crippen molar-refractivity contribution in [2.24, 2.45) is 5.92 Å². The van der Waals surface area contributed by atoms with Crippen LogP contribution in [0.25, 0.3) is 0 Å². The molecule has 0 aromatic carbocycles. The van der Waals surface area contributed by atoms with Crippen molar-refractivity contribution in [1.29, 1.82) is 0 Å². The molecule has 0 amide bonds. The van der Waals surface area contributed by atoms with Gasteiger partial charge in [-0.05, 0) is 37.2 Å². The van der Waals surface area contributed by atoms with E-state index in [1.54, 1.807) is 0 Å². The Morgan fingerprint density at radius 1 is 1.20 bits per heavy atom. The predicted octanol–water partition coefficient (Wildman–Crippen LogP) is 4.03. The van der Waals surface area contributed by atoms with E-state index in [4.69, 9.17) is 0 Å². The number of rotatable bonds is 4. The predicted molar refractivity (Wildman–Crippen MR) is 62.8 cm³/mol. The molecule has 0 unspecified atom stereocenters. The van der Waals surface area contributed by atoms with E-state index in [0.717, 1.165) is 37.2 Å². The Morgan fingerprint density at radius 2 is 2.00 bits per heavy atom. The van der Waals surface area contributed by atoms with Crippen LogP contribution in [-0.4, -0.2) is 5.78 Å². The zero-order chi connectivity index (χ0) is 10.5. The molecule has 0 aromatic rings. The van der Waals surface area contributed by atoms with Crippen LogP contribution in [0.2, 0.25) is 0 Å². The minimum Gasteiger partial charge on any atom is -0.295 e. The van der Waals surface area contributed by atoms with Gasteiger partial charge in [-0.2, -0.15) is 0 Å². The third-order valence-electron chi connectivity index (χ3n) is 3.90. The van der Waals surface area contributed by atoms with E-state index in [1.807, 2.05) is 0 Å². The Kier molecular flexibility index (Phi) is 3.99. The monoisotopic (exact) mass is 206 g/mol.